The number of hydrogen-bond donors (Lipinski definition) is 3. The first-order chi connectivity index (χ1) is 14.8. The summed E-state index contributed by atoms with van der Waals surface area (Å²) < 4.78 is 40.9. The predicted molar refractivity (Wildman–Crippen MR) is 129 cm³/mol. The highest BCUT2D eigenvalue weighted by Gasteiger charge is 2.27. The number of carbonyl (C=O) groups is 1. The zero-order valence-corrected chi connectivity index (χ0v) is 19.7. The summed E-state index contributed by atoms with van der Waals surface area (Å²) in [6.07, 6.45) is 1.01. The van der Waals surface area contributed by atoms with Crippen molar-refractivity contribution in [1.82, 2.24) is 10.6 Å². The lowest BCUT2D eigenvalue weighted by Crippen LogP contribution is -2.41. The van der Waals surface area contributed by atoms with Gasteiger partial charge in [0.25, 0.3) is 0 Å². The van der Waals surface area contributed by atoms with Gasteiger partial charge in [-0.1, -0.05) is 36.3 Å². The number of amides is 1. The zero-order valence-electron chi connectivity index (χ0n) is 17.3. The molecule has 10 heteroatoms. The fourth-order valence-corrected chi connectivity index (χ4v) is 2.50. The van der Waals surface area contributed by atoms with E-state index >= 15 is 0 Å². The van der Waals surface area contributed by atoms with Gasteiger partial charge < -0.3 is 20.7 Å². The molecule has 0 aliphatic rings. The third-order valence-electron chi connectivity index (χ3n) is 3.97. The summed E-state index contributed by atoms with van der Waals surface area (Å²) in [6.45, 7) is -0.984. The van der Waals surface area contributed by atoms with E-state index in [9.17, 15) is 18.0 Å². The van der Waals surface area contributed by atoms with E-state index in [1.54, 1.807) is 55.6 Å². The number of guanidine groups is 1. The molecule has 2 aromatic carbocycles. The number of hydrogen-bond acceptors (Lipinski definition) is 3. The van der Waals surface area contributed by atoms with Gasteiger partial charge in [-0.25, -0.2) is 0 Å². The maximum atomic E-state index is 12.1. The van der Waals surface area contributed by atoms with Crippen molar-refractivity contribution in [3.63, 3.8) is 0 Å². The molecule has 6 nitrogen and oxygen atoms in total. The van der Waals surface area contributed by atoms with Crippen LogP contribution in [-0.4, -0.2) is 38.2 Å². The van der Waals surface area contributed by atoms with Gasteiger partial charge in [0.15, 0.2) is 5.96 Å². The summed E-state index contributed by atoms with van der Waals surface area (Å²) in [7, 11) is 1.57. The molecule has 0 radical (unpaired) electrons. The van der Waals surface area contributed by atoms with Gasteiger partial charge in [-0.05, 0) is 29.3 Å². The second-order valence-corrected chi connectivity index (χ2v) is 6.48. The van der Waals surface area contributed by atoms with Crippen molar-refractivity contribution in [2.24, 2.45) is 4.99 Å². The van der Waals surface area contributed by atoms with Crippen LogP contribution in [0.5, 0.6) is 0 Å². The van der Waals surface area contributed by atoms with Crippen molar-refractivity contribution in [3.05, 3.63) is 65.2 Å². The van der Waals surface area contributed by atoms with Crippen LogP contribution in [0.25, 0.3) is 0 Å². The molecule has 3 N–H and O–H groups in total. The minimum Gasteiger partial charge on any atom is -0.367 e. The summed E-state index contributed by atoms with van der Waals surface area (Å²) in [5, 5.41) is 8.70. The fraction of sp³-hybridized carbons (Fsp3) is 0.273. The van der Waals surface area contributed by atoms with Gasteiger partial charge in [-0.2, -0.15) is 13.2 Å². The number of alkyl halides is 3. The number of carbonyl (C=O) groups excluding carboxylic acids is 1. The summed E-state index contributed by atoms with van der Waals surface area (Å²) >= 11 is 0. The van der Waals surface area contributed by atoms with E-state index < -0.39 is 12.8 Å². The molecule has 0 aliphatic heterocycles. The van der Waals surface area contributed by atoms with Crippen LogP contribution >= 0.6 is 24.0 Å². The second-order valence-electron chi connectivity index (χ2n) is 6.48. The second kappa shape index (κ2) is 13.6. The van der Waals surface area contributed by atoms with Crippen LogP contribution in [-0.2, 0) is 22.7 Å². The van der Waals surface area contributed by atoms with Gasteiger partial charge in [0.1, 0.15) is 6.61 Å². The first kappa shape index (κ1) is 27.3. The first-order valence-electron chi connectivity index (χ1n) is 9.32. The molecule has 0 saturated carbocycles. The van der Waals surface area contributed by atoms with Crippen LogP contribution in [0.15, 0.2) is 53.5 Å². The number of nitrogens with zero attached hydrogens (tertiary/aromatic N) is 1. The Balaban J connectivity index is 0.00000512. The summed E-state index contributed by atoms with van der Waals surface area (Å²) in [5.74, 6) is 2.66. The van der Waals surface area contributed by atoms with Crippen LogP contribution in [0.1, 0.15) is 16.7 Å². The molecule has 0 heterocycles. The van der Waals surface area contributed by atoms with E-state index in [1.165, 1.54) is 0 Å². The van der Waals surface area contributed by atoms with Crippen LogP contribution in [0, 0.1) is 12.3 Å². The number of rotatable bonds is 8. The highest BCUT2D eigenvalue weighted by Crippen LogP contribution is 2.16. The van der Waals surface area contributed by atoms with E-state index in [4.69, 9.17) is 6.42 Å². The Bertz CT molecular complexity index is 941. The first-order valence-corrected chi connectivity index (χ1v) is 9.32. The number of ether oxygens (including phenoxy) is 1. The third-order valence-corrected chi connectivity index (χ3v) is 3.97. The van der Waals surface area contributed by atoms with Crippen molar-refractivity contribution in [1.29, 1.82) is 0 Å². The molecule has 0 spiro atoms. The summed E-state index contributed by atoms with van der Waals surface area (Å²) in [4.78, 5) is 16.2. The smallest absolute Gasteiger partial charge is 0.367 e. The molecule has 0 bridgehead atoms. The molecule has 0 aliphatic carbocycles. The minimum atomic E-state index is -4.34. The Morgan fingerprint density at radius 2 is 1.81 bits per heavy atom. The third kappa shape index (κ3) is 10.5. The molecule has 2 aromatic rings. The molecule has 2 rings (SSSR count). The topological polar surface area (TPSA) is 74.8 Å². The van der Waals surface area contributed by atoms with Gasteiger partial charge in [-0.3, -0.25) is 9.79 Å². The molecule has 0 fully saturated rings. The Morgan fingerprint density at radius 1 is 1.12 bits per heavy atom. The molecular weight excluding hydrogens is 536 g/mol. The molecule has 32 heavy (non-hydrogen) atoms. The standard InChI is InChI=1S/C22H23F3N4O2.HI/c1-3-16-5-4-6-19(11-16)29-20(30)13-28-21(26-2)27-12-17-7-9-18(10-8-17)14-31-15-22(23,24)25;/h1,4-11H,12-15H2,2H3,(H,29,30)(H2,26,27,28);1H. The van der Waals surface area contributed by atoms with Crippen molar-refractivity contribution < 1.29 is 22.7 Å². The Morgan fingerprint density at radius 3 is 2.44 bits per heavy atom. The number of benzene rings is 2. The van der Waals surface area contributed by atoms with E-state index in [1.807, 2.05) is 0 Å². The van der Waals surface area contributed by atoms with E-state index in [-0.39, 0.29) is 43.0 Å². The van der Waals surface area contributed by atoms with E-state index in [0.717, 1.165) is 5.56 Å². The monoisotopic (exact) mass is 560 g/mol. The van der Waals surface area contributed by atoms with Crippen LogP contribution in [0.2, 0.25) is 0 Å². The number of halogens is 4. The van der Waals surface area contributed by atoms with Crippen molar-refractivity contribution in [2.75, 3.05) is 25.5 Å². The Labute approximate surface area is 202 Å². The van der Waals surface area contributed by atoms with E-state index in [0.29, 0.717) is 29.3 Å². The number of anilines is 1. The van der Waals surface area contributed by atoms with Gasteiger partial charge in [0.05, 0.1) is 13.2 Å². The van der Waals surface area contributed by atoms with Gasteiger partial charge >= 0.3 is 6.18 Å². The summed E-state index contributed by atoms with van der Waals surface area (Å²) in [5.41, 5.74) is 2.80. The Kier molecular flexibility index (Phi) is 11.6. The van der Waals surface area contributed by atoms with Crippen LogP contribution in [0.4, 0.5) is 18.9 Å². The molecule has 172 valence electrons. The molecule has 0 unspecified atom stereocenters. The van der Waals surface area contributed by atoms with E-state index in [2.05, 4.69) is 31.6 Å². The normalized spacial score (nSPS) is 11.2. The van der Waals surface area contributed by atoms with Crippen molar-refractivity contribution >= 4 is 41.5 Å². The zero-order chi connectivity index (χ0) is 22.7. The lowest BCUT2D eigenvalue weighted by Gasteiger charge is -2.13. The molecule has 0 atom stereocenters. The SMILES string of the molecule is C#Cc1cccc(NC(=O)CNC(=NC)NCc2ccc(COCC(F)(F)F)cc2)c1.I. The average molecular weight is 560 g/mol. The summed E-state index contributed by atoms with van der Waals surface area (Å²) in [6, 6.07) is 13.9. The molecule has 1 amide bonds. The highest BCUT2D eigenvalue weighted by atomic mass is 127. The van der Waals surface area contributed by atoms with Gasteiger partial charge in [-0.15, -0.1) is 30.4 Å². The number of terminal acetylenes is 1. The largest absolute Gasteiger partial charge is 0.411 e. The van der Waals surface area contributed by atoms with Gasteiger partial charge in [0.2, 0.25) is 5.91 Å². The quantitative estimate of drug-likeness (QED) is 0.200. The predicted octanol–water partition coefficient (Wildman–Crippen LogP) is 3.67. The number of aliphatic imine (C=N–C) groups is 1. The maximum absolute atomic E-state index is 12.1. The molecule has 0 aromatic heterocycles. The highest BCUT2D eigenvalue weighted by molar-refractivity contribution is 14.0. The van der Waals surface area contributed by atoms with Crippen LogP contribution in [0.3, 0.4) is 0 Å². The lowest BCUT2D eigenvalue weighted by molar-refractivity contribution is -0.176. The molecular formula is C22H24F3IN4O2. The minimum absolute atomic E-state index is 0. The van der Waals surface area contributed by atoms with Crippen molar-refractivity contribution in [3.8, 4) is 12.3 Å². The Hall–Kier alpha value is -2.78. The lowest BCUT2D eigenvalue weighted by atomic mass is 10.1. The van der Waals surface area contributed by atoms with Crippen molar-refractivity contribution in [2.45, 2.75) is 19.3 Å². The number of nitrogens with one attached hydrogen (secondary N) is 3. The average Bonchev–Trinajstić information content (AvgIpc) is 2.74. The van der Waals surface area contributed by atoms with Gasteiger partial charge in [0, 0.05) is 24.8 Å². The van der Waals surface area contributed by atoms with Crippen LogP contribution < -0.4 is 16.0 Å². The molecule has 0 saturated heterocycles. The fourth-order valence-electron chi connectivity index (χ4n) is 2.50. The maximum Gasteiger partial charge on any atom is 0.411 e.